The second kappa shape index (κ2) is 47.7. The fourth-order valence-electron chi connectivity index (χ4n) is 5.60. The van der Waals surface area contributed by atoms with E-state index in [1.165, 1.54) is 51.4 Å². The van der Waals surface area contributed by atoms with Crippen molar-refractivity contribution in [1.82, 2.24) is 0 Å². The molecule has 0 fully saturated rings. The Hall–Kier alpha value is -3.70. The van der Waals surface area contributed by atoms with Crippen molar-refractivity contribution in [3.63, 3.8) is 0 Å². The minimum atomic E-state index is -0.606. The van der Waals surface area contributed by atoms with Crippen LogP contribution in [0.4, 0.5) is 0 Å². The van der Waals surface area contributed by atoms with E-state index in [1.54, 1.807) is 0 Å². The zero-order chi connectivity index (χ0) is 42.1. The number of hydrogen-bond donors (Lipinski definition) is 0. The van der Waals surface area contributed by atoms with E-state index in [-0.39, 0.29) is 31.6 Å². The van der Waals surface area contributed by atoms with Crippen LogP contribution in [0.5, 0.6) is 0 Å². The van der Waals surface area contributed by atoms with Crippen molar-refractivity contribution in [1.29, 1.82) is 0 Å². The van der Waals surface area contributed by atoms with E-state index in [4.69, 9.17) is 14.2 Å². The molecule has 5 heteroatoms. The Balaban J connectivity index is 4.48. The Morgan fingerprint density at radius 1 is 0.397 bits per heavy atom. The van der Waals surface area contributed by atoms with Crippen LogP contribution in [0.15, 0.2) is 122 Å². The molecular formula is C53H84O5. The molecule has 0 aliphatic carbocycles. The molecule has 5 nitrogen and oxygen atoms in total. The predicted octanol–water partition coefficient (Wildman–Crippen LogP) is 15.4. The average molecular weight is 801 g/mol. The highest BCUT2D eigenvalue weighted by molar-refractivity contribution is 5.70. The first kappa shape index (κ1) is 54.3. The van der Waals surface area contributed by atoms with Gasteiger partial charge in [-0.05, 0) is 103 Å². The van der Waals surface area contributed by atoms with Crippen LogP contribution in [0.3, 0.4) is 0 Å². The van der Waals surface area contributed by atoms with E-state index < -0.39 is 6.10 Å². The van der Waals surface area contributed by atoms with Crippen LogP contribution in [-0.4, -0.2) is 37.9 Å². The Bertz CT molecular complexity index is 1220. The second-order valence-corrected chi connectivity index (χ2v) is 14.5. The van der Waals surface area contributed by atoms with Crippen molar-refractivity contribution in [2.75, 3.05) is 19.8 Å². The van der Waals surface area contributed by atoms with E-state index >= 15 is 0 Å². The highest BCUT2D eigenvalue weighted by Crippen LogP contribution is 2.10. The Morgan fingerprint density at radius 2 is 0.810 bits per heavy atom. The molecule has 0 bridgehead atoms. The lowest BCUT2D eigenvalue weighted by Crippen LogP contribution is -2.30. The van der Waals surface area contributed by atoms with Crippen molar-refractivity contribution in [2.45, 2.75) is 181 Å². The van der Waals surface area contributed by atoms with Crippen molar-refractivity contribution in [3.05, 3.63) is 122 Å². The van der Waals surface area contributed by atoms with Gasteiger partial charge in [-0.15, -0.1) is 0 Å². The summed E-state index contributed by atoms with van der Waals surface area (Å²) in [6.45, 7) is 7.38. The second-order valence-electron chi connectivity index (χ2n) is 14.5. The lowest BCUT2D eigenvalue weighted by Gasteiger charge is -2.18. The van der Waals surface area contributed by atoms with Gasteiger partial charge in [-0.3, -0.25) is 9.59 Å². The van der Waals surface area contributed by atoms with Gasteiger partial charge in [0.05, 0.1) is 6.61 Å². The molecule has 0 aromatic heterocycles. The summed E-state index contributed by atoms with van der Waals surface area (Å²) in [6, 6.07) is 0. The maximum absolute atomic E-state index is 12.7. The largest absolute Gasteiger partial charge is 0.462 e. The summed E-state index contributed by atoms with van der Waals surface area (Å²) >= 11 is 0. The van der Waals surface area contributed by atoms with Crippen LogP contribution < -0.4 is 0 Å². The molecule has 1 atom stereocenters. The van der Waals surface area contributed by atoms with Crippen molar-refractivity contribution in [2.24, 2.45) is 0 Å². The molecule has 326 valence electrons. The van der Waals surface area contributed by atoms with Gasteiger partial charge in [0.2, 0.25) is 0 Å². The zero-order valence-electron chi connectivity index (χ0n) is 37.3. The molecule has 0 saturated carbocycles. The van der Waals surface area contributed by atoms with Gasteiger partial charge in [0.25, 0.3) is 0 Å². The molecule has 0 aromatic rings. The van der Waals surface area contributed by atoms with Gasteiger partial charge in [0.1, 0.15) is 6.61 Å². The summed E-state index contributed by atoms with van der Waals surface area (Å²) in [4.78, 5) is 25.2. The summed E-state index contributed by atoms with van der Waals surface area (Å²) in [5.74, 6) is -0.574. The van der Waals surface area contributed by atoms with E-state index in [2.05, 4.69) is 136 Å². The van der Waals surface area contributed by atoms with E-state index in [9.17, 15) is 9.59 Å². The van der Waals surface area contributed by atoms with Gasteiger partial charge < -0.3 is 14.2 Å². The lowest BCUT2D eigenvalue weighted by atomic mass is 10.1. The number of hydrogen-bond acceptors (Lipinski definition) is 5. The fourth-order valence-corrected chi connectivity index (χ4v) is 5.60. The third-order valence-electron chi connectivity index (χ3n) is 8.98. The number of carbonyl (C=O) groups is 2. The summed E-state index contributed by atoms with van der Waals surface area (Å²) in [6.07, 6.45) is 66.5. The molecule has 0 saturated heterocycles. The average Bonchev–Trinajstić information content (AvgIpc) is 3.22. The number of allylic oxidation sites excluding steroid dienone is 20. The van der Waals surface area contributed by atoms with E-state index in [0.717, 1.165) is 83.5 Å². The smallest absolute Gasteiger partial charge is 0.306 e. The van der Waals surface area contributed by atoms with Crippen molar-refractivity contribution < 1.29 is 23.8 Å². The molecule has 1 unspecified atom stereocenters. The third-order valence-corrected chi connectivity index (χ3v) is 8.98. The van der Waals surface area contributed by atoms with Crippen LogP contribution in [0.2, 0.25) is 0 Å². The quantitative estimate of drug-likeness (QED) is 0.0351. The first-order valence-corrected chi connectivity index (χ1v) is 23.1. The molecule has 0 N–H and O–H groups in total. The molecule has 0 aromatic carbocycles. The van der Waals surface area contributed by atoms with Gasteiger partial charge in [-0.2, -0.15) is 0 Å². The first-order valence-electron chi connectivity index (χ1n) is 23.1. The molecule has 58 heavy (non-hydrogen) atoms. The van der Waals surface area contributed by atoms with Gasteiger partial charge in [0, 0.05) is 19.4 Å². The number of rotatable bonds is 40. The van der Waals surface area contributed by atoms with Gasteiger partial charge in [0.15, 0.2) is 6.10 Å². The lowest BCUT2D eigenvalue weighted by molar-refractivity contribution is -0.162. The molecular weight excluding hydrogens is 717 g/mol. The minimum absolute atomic E-state index is 0.0170. The Morgan fingerprint density at radius 3 is 1.33 bits per heavy atom. The first-order chi connectivity index (χ1) is 28.6. The topological polar surface area (TPSA) is 61.8 Å². The number of carbonyl (C=O) groups excluding carboxylic acids is 2. The Kier molecular flexibility index (Phi) is 44.6. The normalized spacial score (nSPS) is 13.4. The Labute approximate surface area is 356 Å². The zero-order valence-corrected chi connectivity index (χ0v) is 37.3. The van der Waals surface area contributed by atoms with Gasteiger partial charge >= 0.3 is 11.9 Å². The molecule has 0 aliphatic heterocycles. The third kappa shape index (κ3) is 45.0. The summed E-state index contributed by atoms with van der Waals surface area (Å²) < 4.78 is 17.2. The van der Waals surface area contributed by atoms with Crippen LogP contribution in [-0.2, 0) is 23.8 Å². The van der Waals surface area contributed by atoms with E-state index in [1.807, 2.05) is 6.08 Å². The van der Waals surface area contributed by atoms with Gasteiger partial charge in [-0.1, -0.05) is 181 Å². The molecule has 0 spiro atoms. The molecule has 0 amide bonds. The van der Waals surface area contributed by atoms with Crippen LogP contribution >= 0.6 is 0 Å². The summed E-state index contributed by atoms with van der Waals surface area (Å²) in [5, 5.41) is 0. The monoisotopic (exact) mass is 801 g/mol. The van der Waals surface area contributed by atoms with E-state index in [0.29, 0.717) is 19.4 Å². The van der Waals surface area contributed by atoms with Crippen LogP contribution in [0.25, 0.3) is 0 Å². The SMILES string of the molecule is CC/C=C\C/C=C\C/C=C\C/C=C\C/C=C\CCCC(=O)OCC(COCCCCCCCC/C=C\CCCC)OC(=O)CC/C=C\C/C=C\C/C=C\C/C=C\CC. The highest BCUT2D eigenvalue weighted by Gasteiger charge is 2.17. The number of esters is 2. The predicted molar refractivity (Wildman–Crippen MR) is 251 cm³/mol. The van der Waals surface area contributed by atoms with Crippen LogP contribution in [0.1, 0.15) is 175 Å². The summed E-state index contributed by atoms with van der Waals surface area (Å²) in [5.41, 5.74) is 0. The maximum Gasteiger partial charge on any atom is 0.306 e. The van der Waals surface area contributed by atoms with Crippen molar-refractivity contribution in [3.8, 4) is 0 Å². The van der Waals surface area contributed by atoms with Gasteiger partial charge in [-0.25, -0.2) is 0 Å². The fraction of sp³-hybridized carbons (Fsp3) is 0.585. The highest BCUT2D eigenvalue weighted by atomic mass is 16.6. The number of unbranched alkanes of at least 4 members (excludes halogenated alkanes) is 9. The molecule has 0 radical (unpaired) electrons. The maximum atomic E-state index is 12.7. The number of ether oxygens (including phenoxy) is 3. The molecule has 0 aliphatic rings. The molecule has 0 heterocycles. The molecule has 0 rings (SSSR count). The summed E-state index contributed by atoms with van der Waals surface area (Å²) in [7, 11) is 0. The standard InChI is InChI=1S/C53H84O5/c1-4-7-10-13-16-19-22-25-26-27-28-30-31-34-37-40-43-46-52(54)57-50-51(49-56-48-45-42-39-36-33-24-21-18-15-12-9-6-3)58-53(55)47-44-41-38-35-32-29-23-20-17-14-11-8-5-2/h7-8,10-11,15-20,25-26,28-30,32,34,37-38,41,51H,4-6,9,12-14,21-24,27,31,33,35-36,39-40,42-50H2,1-3H3/b10-7-,11-8-,18-15-,19-16-,20-17-,26-25-,30-28-,32-29-,37-34-,41-38-. The minimum Gasteiger partial charge on any atom is -0.462 e. The van der Waals surface area contributed by atoms with Crippen molar-refractivity contribution >= 4 is 11.9 Å². The van der Waals surface area contributed by atoms with Crippen LogP contribution in [0, 0.1) is 0 Å².